The van der Waals surface area contributed by atoms with E-state index >= 15 is 0 Å². The summed E-state index contributed by atoms with van der Waals surface area (Å²) >= 11 is 1.52. The minimum Gasteiger partial charge on any atom is -0.497 e. The van der Waals surface area contributed by atoms with Gasteiger partial charge in [-0.05, 0) is 29.3 Å². The minimum atomic E-state index is 0.716. The van der Waals surface area contributed by atoms with Crippen molar-refractivity contribution in [3.05, 3.63) is 76.6 Å². The van der Waals surface area contributed by atoms with E-state index in [0.29, 0.717) is 6.42 Å². The lowest BCUT2D eigenvalue weighted by Crippen LogP contribution is -1.97. The number of methoxy groups -OCH3 is 1. The molecule has 0 unspecified atom stereocenters. The van der Waals surface area contributed by atoms with Crippen LogP contribution in [-0.2, 0) is 6.42 Å². The van der Waals surface area contributed by atoms with Gasteiger partial charge < -0.3 is 4.74 Å². The molecule has 2 aromatic carbocycles. The standard InChI is InChI=1S/C19H16N4OS/c1-24-16-10-7-14(8-11-16)9-12-18-22-23-17(20-21-19(23)25-18)13-15-5-3-2-4-6-15/h2-12H,13H2,1H3/b12-9+. The van der Waals surface area contributed by atoms with E-state index < -0.39 is 0 Å². The quantitative estimate of drug-likeness (QED) is 0.548. The summed E-state index contributed by atoms with van der Waals surface area (Å²) in [5.74, 6) is 1.70. The first-order valence-corrected chi connectivity index (χ1v) is 8.70. The van der Waals surface area contributed by atoms with Gasteiger partial charge in [0.2, 0.25) is 4.96 Å². The molecule has 4 rings (SSSR count). The number of hydrogen-bond acceptors (Lipinski definition) is 5. The maximum Gasteiger partial charge on any atom is 0.234 e. The van der Waals surface area contributed by atoms with Gasteiger partial charge in [0.1, 0.15) is 10.8 Å². The third-order valence-electron chi connectivity index (χ3n) is 3.81. The third kappa shape index (κ3) is 3.44. The van der Waals surface area contributed by atoms with Crippen LogP contribution in [0.2, 0.25) is 0 Å². The second-order valence-corrected chi connectivity index (χ2v) is 6.51. The Hall–Kier alpha value is -2.99. The lowest BCUT2D eigenvalue weighted by atomic mass is 10.1. The van der Waals surface area contributed by atoms with Crippen molar-refractivity contribution in [1.29, 1.82) is 0 Å². The van der Waals surface area contributed by atoms with Crippen LogP contribution in [0.3, 0.4) is 0 Å². The Kier molecular flexibility index (Phi) is 4.26. The van der Waals surface area contributed by atoms with Gasteiger partial charge >= 0.3 is 0 Å². The second kappa shape index (κ2) is 6.86. The zero-order valence-electron chi connectivity index (χ0n) is 13.7. The fourth-order valence-corrected chi connectivity index (χ4v) is 3.27. The zero-order chi connectivity index (χ0) is 17.1. The molecule has 0 fully saturated rings. The van der Waals surface area contributed by atoms with Crippen LogP contribution in [0.4, 0.5) is 0 Å². The molecule has 4 aromatic rings. The fourth-order valence-electron chi connectivity index (χ4n) is 2.51. The van der Waals surface area contributed by atoms with Crippen molar-refractivity contribution < 1.29 is 4.74 Å². The zero-order valence-corrected chi connectivity index (χ0v) is 14.5. The topological polar surface area (TPSA) is 52.3 Å². The second-order valence-electron chi connectivity index (χ2n) is 5.52. The molecule has 124 valence electrons. The molecule has 0 aliphatic heterocycles. The van der Waals surface area contributed by atoms with Gasteiger partial charge in [0, 0.05) is 6.42 Å². The highest BCUT2D eigenvalue weighted by Gasteiger charge is 2.10. The summed E-state index contributed by atoms with van der Waals surface area (Å²) in [6, 6.07) is 18.1. The van der Waals surface area contributed by atoms with Crippen LogP contribution in [0.1, 0.15) is 22.0 Å². The number of aromatic nitrogens is 4. The maximum absolute atomic E-state index is 5.17. The van der Waals surface area contributed by atoms with E-state index in [2.05, 4.69) is 27.4 Å². The first kappa shape index (κ1) is 15.5. The van der Waals surface area contributed by atoms with Gasteiger partial charge in [0.15, 0.2) is 5.82 Å². The lowest BCUT2D eigenvalue weighted by molar-refractivity contribution is 0.415. The van der Waals surface area contributed by atoms with Crippen molar-refractivity contribution in [1.82, 2.24) is 19.8 Å². The smallest absolute Gasteiger partial charge is 0.234 e. The summed E-state index contributed by atoms with van der Waals surface area (Å²) in [4.78, 5) is 0.806. The van der Waals surface area contributed by atoms with E-state index in [-0.39, 0.29) is 0 Å². The molecule has 0 aliphatic carbocycles. The molecule has 0 aliphatic rings. The summed E-state index contributed by atoms with van der Waals surface area (Å²) in [5, 5.41) is 14.0. The predicted octanol–water partition coefficient (Wildman–Crippen LogP) is 3.96. The summed E-state index contributed by atoms with van der Waals surface area (Å²) < 4.78 is 7.00. The van der Waals surface area contributed by atoms with Crippen LogP contribution >= 0.6 is 11.3 Å². The Balaban J connectivity index is 1.56. The number of ether oxygens (including phenoxy) is 1. The van der Waals surface area contributed by atoms with Gasteiger partial charge in [-0.2, -0.15) is 9.61 Å². The molecule has 2 heterocycles. The average Bonchev–Trinajstić information content (AvgIpc) is 3.23. The number of nitrogens with zero attached hydrogens (tertiary/aromatic N) is 4. The van der Waals surface area contributed by atoms with Gasteiger partial charge in [-0.3, -0.25) is 0 Å². The predicted molar refractivity (Wildman–Crippen MR) is 99.8 cm³/mol. The van der Waals surface area contributed by atoms with Crippen molar-refractivity contribution in [2.75, 3.05) is 7.11 Å². The monoisotopic (exact) mass is 348 g/mol. The molecule has 25 heavy (non-hydrogen) atoms. The van der Waals surface area contributed by atoms with Crippen LogP contribution < -0.4 is 4.74 Å². The molecule has 0 N–H and O–H groups in total. The first-order valence-electron chi connectivity index (χ1n) is 7.89. The highest BCUT2D eigenvalue weighted by molar-refractivity contribution is 7.17. The number of hydrogen-bond donors (Lipinski definition) is 0. The third-order valence-corrected chi connectivity index (χ3v) is 4.67. The van der Waals surface area contributed by atoms with Crippen molar-refractivity contribution in [3.8, 4) is 5.75 Å². The summed E-state index contributed by atoms with van der Waals surface area (Å²) in [6.07, 6.45) is 4.74. The van der Waals surface area contributed by atoms with Crippen LogP contribution in [0.15, 0.2) is 54.6 Å². The molecule has 0 bridgehead atoms. The van der Waals surface area contributed by atoms with Crippen LogP contribution in [0.25, 0.3) is 17.1 Å². The Bertz CT molecular complexity index is 1000. The van der Waals surface area contributed by atoms with Crippen LogP contribution in [0.5, 0.6) is 5.75 Å². The van der Waals surface area contributed by atoms with E-state index in [1.165, 1.54) is 16.9 Å². The molecule has 0 saturated heterocycles. The van der Waals surface area contributed by atoms with Crippen LogP contribution in [0, 0.1) is 0 Å². The van der Waals surface area contributed by atoms with Gasteiger partial charge in [-0.15, -0.1) is 10.2 Å². The molecule has 0 atom stereocenters. The molecule has 5 nitrogen and oxygen atoms in total. The highest BCUT2D eigenvalue weighted by atomic mass is 32.1. The van der Waals surface area contributed by atoms with Crippen molar-refractivity contribution >= 4 is 28.4 Å². The number of fused-ring (bicyclic) bond motifs is 1. The summed E-state index contributed by atoms with van der Waals surface area (Å²) in [6.45, 7) is 0. The van der Waals surface area contributed by atoms with Crippen molar-refractivity contribution in [3.63, 3.8) is 0 Å². The molecule has 0 spiro atoms. The van der Waals surface area contributed by atoms with E-state index in [1.807, 2.05) is 59.1 Å². The van der Waals surface area contributed by atoms with Gasteiger partial charge in [-0.1, -0.05) is 59.9 Å². The van der Waals surface area contributed by atoms with E-state index in [0.717, 1.165) is 27.1 Å². The van der Waals surface area contributed by atoms with E-state index in [4.69, 9.17) is 4.74 Å². The molecule has 6 heteroatoms. The highest BCUT2D eigenvalue weighted by Crippen LogP contribution is 2.19. The summed E-state index contributed by atoms with van der Waals surface area (Å²) in [7, 11) is 1.66. The largest absolute Gasteiger partial charge is 0.497 e. The van der Waals surface area contributed by atoms with Gasteiger partial charge in [0.05, 0.1) is 7.11 Å². The van der Waals surface area contributed by atoms with E-state index in [1.54, 1.807) is 7.11 Å². The Morgan fingerprint density at radius 2 is 1.80 bits per heavy atom. The Labute approximate surface area is 149 Å². The SMILES string of the molecule is COc1ccc(/C=C/c2nn3c(Cc4ccccc4)nnc3s2)cc1. The van der Waals surface area contributed by atoms with Crippen LogP contribution in [-0.4, -0.2) is 26.9 Å². The number of rotatable bonds is 5. The molecular formula is C19H16N4OS. The van der Waals surface area contributed by atoms with Crippen molar-refractivity contribution in [2.45, 2.75) is 6.42 Å². The Morgan fingerprint density at radius 1 is 1.00 bits per heavy atom. The van der Waals surface area contributed by atoms with Crippen molar-refractivity contribution in [2.24, 2.45) is 0 Å². The minimum absolute atomic E-state index is 0.716. The molecule has 0 amide bonds. The molecular weight excluding hydrogens is 332 g/mol. The average molecular weight is 348 g/mol. The first-order chi connectivity index (χ1) is 12.3. The maximum atomic E-state index is 5.17. The molecule has 0 radical (unpaired) electrons. The molecule has 2 aromatic heterocycles. The van der Waals surface area contributed by atoms with Gasteiger partial charge in [0.25, 0.3) is 0 Å². The normalized spacial score (nSPS) is 11.4. The number of benzene rings is 2. The lowest BCUT2D eigenvalue weighted by Gasteiger charge is -1.98. The molecule has 0 saturated carbocycles. The van der Waals surface area contributed by atoms with E-state index in [9.17, 15) is 0 Å². The Morgan fingerprint density at radius 3 is 2.56 bits per heavy atom. The van der Waals surface area contributed by atoms with Gasteiger partial charge in [-0.25, -0.2) is 0 Å². The summed E-state index contributed by atoms with van der Waals surface area (Å²) in [5.41, 5.74) is 2.29. The fraction of sp³-hybridized carbons (Fsp3) is 0.105.